The zero-order chi connectivity index (χ0) is 16.5. The highest BCUT2D eigenvalue weighted by Gasteiger charge is 2.36. The van der Waals surface area contributed by atoms with E-state index in [-0.39, 0.29) is 10.9 Å². The smallest absolute Gasteiger partial charge is 0.418 e. The van der Waals surface area contributed by atoms with Crippen LogP contribution in [0.15, 0.2) is 30.5 Å². The molecule has 5 nitrogen and oxygen atoms in total. The molecule has 0 spiro atoms. The molecular weight excluding hydrogens is 348 g/mol. The zero-order valence-corrected chi connectivity index (χ0v) is 11.9. The van der Waals surface area contributed by atoms with Gasteiger partial charge in [0.15, 0.2) is 10.9 Å². The molecule has 0 N–H and O–H groups in total. The van der Waals surface area contributed by atoms with Gasteiger partial charge >= 0.3 is 11.9 Å². The first kappa shape index (κ1) is 16.3. The molecule has 0 fully saturated rings. The lowest BCUT2D eigenvalue weighted by Crippen LogP contribution is -2.07. The van der Waals surface area contributed by atoms with E-state index in [4.69, 9.17) is 27.9 Å². The van der Waals surface area contributed by atoms with Crippen LogP contribution in [0.5, 0.6) is 11.5 Å². The largest absolute Gasteiger partial charge is 0.447 e. The van der Waals surface area contributed by atoms with Crippen LogP contribution >= 0.6 is 23.2 Å². The molecule has 22 heavy (non-hydrogen) atoms. The molecule has 0 saturated heterocycles. The molecule has 116 valence electrons. The summed E-state index contributed by atoms with van der Waals surface area (Å²) in [6.45, 7) is 0. The van der Waals surface area contributed by atoms with Crippen molar-refractivity contribution in [1.82, 2.24) is 4.98 Å². The van der Waals surface area contributed by atoms with Crippen molar-refractivity contribution in [2.24, 2.45) is 0 Å². The van der Waals surface area contributed by atoms with Crippen LogP contribution < -0.4 is 4.74 Å². The predicted octanol–water partition coefficient (Wildman–Crippen LogP) is 5.11. The summed E-state index contributed by atoms with van der Waals surface area (Å²) < 4.78 is 43.4. The summed E-state index contributed by atoms with van der Waals surface area (Å²) in [5.74, 6) is -0.527. The fourth-order valence-corrected chi connectivity index (χ4v) is 1.97. The van der Waals surface area contributed by atoms with Crippen molar-refractivity contribution in [2.75, 3.05) is 0 Å². The first-order valence-electron chi connectivity index (χ1n) is 5.53. The van der Waals surface area contributed by atoms with E-state index >= 15 is 0 Å². The van der Waals surface area contributed by atoms with Crippen molar-refractivity contribution in [3.05, 3.63) is 56.3 Å². The van der Waals surface area contributed by atoms with Gasteiger partial charge in [0, 0.05) is 18.3 Å². The van der Waals surface area contributed by atoms with Crippen molar-refractivity contribution in [2.45, 2.75) is 6.18 Å². The molecule has 2 aromatic rings. The van der Waals surface area contributed by atoms with Gasteiger partial charge in [0.05, 0.1) is 15.5 Å². The van der Waals surface area contributed by atoms with Crippen molar-refractivity contribution in [1.29, 1.82) is 0 Å². The van der Waals surface area contributed by atoms with E-state index in [0.717, 1.165) is 0 Å². The minimum absolute atomic E-state index is 0.0527. The van der Waals surface area contributed by atoms with Gasteiger partial charge in [-0.3, -0.25) is 10.1 Å². The van der Waals surface area contributed by atoms with Crippen LogP contribution in [0.1, 0.15) is 5.56 Å². The summed E-state index contributed by atoms with van der Waals surface area (Å²) >= 11 is 11.3. The Kier molecular flexibility index (Phi) is 4.43. The van der Waals surface area contributed by atoms with Crippen molar-refractivity contribution in [3.63, 3.8) is 0 Å². The topological polar surface area (TPSA) is 65.3 Å². The van der Waals surface area contributed by atoms with E-state index in [1.807, 2.05) is 0 Å². The molecule has 10 heteroatoms. The van der Waals surface area contributed by atoms with E-state index in [9.17, 15) is 23.3 Å². The molecule has 0 bridgehead atoms. The Hall–Kier alpha value is -2.06. The lowest BCUT2D eigenvalue weighted by atomic mass is 10.1. The predicted molar refractivity (Wildman–Crippen MR) is 72.4 cm³/mol. The SMILES string of the molecule is O=[N+]([O-])c1cc(C(F)(F)F)c(Cl)cc1Oc1cccnc1Cl. The van der Waals surface area contributed by atoms with Crippen LogP contribution in [0.2, 0.25) is 10.2 Å². The van der Waals surface area contributed by atoms with Gasteiger partial charge in [0.2, 0.25) is 5.75 Å². The standard InChI is InChI=1S/C12H5Cl2F3N2O3/c13-7-5-10(22-9-2-1-3-18-11(9)14)8(19(20)21)4-6(7)12(15,16)17/h1-5H. The molecule has 0 amide bonds. The van der Waals surface area contributed by atoms with Crippen molar-refractivity contribution in [3.8, 4) is 11.5 Å². The van der Waals surface area contributed by atoms with Gasteiger partial charge in [-0.1, -0.05) is 23.2 Å². The van der Waals surface area contributed by atoms with Crippen molar-refractivity contribution < 1.29 is 22.8 Å². The minimum Gasteiger partial charge on any atom is -0.447 e. The van der Waals surface area contributed by atoms with Crippen LogP contribution in [0.4, 0.5) is 18.9 Å². The highest BCUT2D eigenvalue weighted by Crippen LogP contribution is 2.42. The summed E-state index contributed by atoms with van der Waals surface area (Å²) in [4.78, 5) is 13.6. The average Bonchev–Trinajstić information content (AvgIpc) is 2.39. The lowest BCUT2D eigenvalue weighted by Gasteiger charge is -2.12. The molecule has 0 radical (unpaired) electrons. The third-order valence-electron chi connectivity index (χ3n) is 2.50. The van der Waals surface area contributed by atoms with E-state index in [2.05, 4.69) is 4.98 Å². The summed E-state index contributed by atoms with van der Waals surface area (Å²) in [5, 5.41) is 10.1. The van der Waals surface area contributed by atoms with Crippen molar-refractivity contribution >= 4 is 28.9 Å². The normalized spacial score (nSPS) is 11.3. The molecule has 1 aromatic carbocycles. The number of nitrogens with zero attached hydrogens (tertiary/aromatic N) is 2. The van der Waals surface area contributed by atoms with Crippen LogP contribution in [0.3, 0.4) is 0 Å². The molecule has 2 rings (SSSR count). The second-order valence-electron chi connectivity index (χ2n) is 3.95. The second kappa shape index (κ2) is 5.98. The van der Waals surface area contributed by atoms with Gasteiger partial charge in [-0.2, -0.15) is 13.2 Å². The van der Waals surface area contributed by atoms with Gasteiger partial charge in [-0.05, 0) is 12.1 Å². The fraction of sp³-hybridized carbons (Fsp3) is 0.0833. The first-order valence-corrected chi connectivity index (χ1v) is 6.29. The van der Waals surface area contributed by atoms with Crippen LogP contribution in [-0.4, -0.2) is 9.91 Å². The maximum absolute atomic E-state index is 12.7. The fourth-order valence-electron chi connectivity index (χ4n) is 1.55. The Morgan fingerprint density at radius 1 is 1.23 bits per heavy atom. The second-order valence-corrected chi connectivity index (χ2v) is 4.71. The molecule has 0 aliphatic heterocycles. The number of halogens is 5. The number of benzene rings is 1. The number of nitro groups is 1. The average molecular weight is 353 g/mol. The van der Waals surface area contributed by atoms with Crippen LogP contribution in [0.25, 0.3) is 0 Å². The Labute approximate surface area is 131 Å². The number of rotatable bonds is 3. The molecule has 0 unspecified atom stereocenters. The lowest BCUT2D eigenvalue weighted by molar-refractivity contribution is -0.385. The highest BCUT2D eigenvalue weighted by molar-refractivity contribution is 6.32. The maximum atomic E-state index is 12.7. The Morgan fingerprint density at radius 2 is 1.91 bits per heavy atom. The van der Waals surface area contributed by atoms with E-state index in [1.54, 1.807) is 0 Å². The van der Waals surface area contributed by atoms with Gasteiger partial charge in [0.1, 0.15) is 0 Å². The number of pyridine rings is 1. The summed E-state index contributed by atoms with van der Waals surface area (Å²) in [6, 6.07) is 3.82. The Morgan fingerprint density at radius 3 is 2.45 bits per heavy atom. The van der Waals surface area contributed by atoms with Gasteiger partial charge in [-0.25, -0.2) is 4.98 Å². The molecule has 0 atom stereocenters. The number of nitro benzene ring substituents is 1. The van der Waals surface area contributed by atoms with Gasteiger partial charge in [-0.15, -0.1) is 0 Å². The third kappa shape index (κ3) is 3.40. The van der Waals surface area contributed by atoms with E-state index < -0.39 is 33.1 Å². The Bertz CT molecular complexity index is 738. The molecule has 0 aliphatic carbocycles. The molecule has 1 heterocycles. The number of ether oxygens (including phenoxy) is 1. The number of alkyl halides is 3. The molecule has 0 saturated carbocycles. The monoisotopic (exact) mass is 352 g/mol. The van der Waals surface area contributed by atoms with Crippen LogP contribution in [0, 0.1) is 10.1 Å². The Balaban J connectivity index is 2.54. The van der Waals surface area contributed by atoms with Crippen LogP contribution in [-0.2, 0) is 6.18 Å². The number of hydrogen-bond donors (Lipinski definition) is 0. The number of hydrogen-bond acceptors (Lipinski definition) is 4. The van der Waals surface area contributed by atoms with E-state index in [0.29, 0.717) is 12.1 Å². The van der Waals surface area contributed by atoms with E-state index in [1.165, 1.54) is 18.3 Å². The minimum atomic E-state index is -4.83. The zero-order valence-electron chi connectivity index (χ0n) is 10.4. The number of aromatic nitrogens is 1. The molecule has 1 aromatic heterocycles. The van der Waals surface area contributed by atoms with Gasteiger partial charge in [0.25, 0.3) is 0 Å². The quantitative estimate of drug-likeness (QED) is 0.437. The molecular formula is C12H5Cl2F3N2O3. The highest BCUT2D eigenvalue weighted by atomic mass is 35.5. The summed E-state index contributed by atoms with van der Waals surface area (Å²) in [5.41, 5.74) is -2.22. The third-order valence-corrected chi connectivity index (χ3v) is 3.09. The summed E-state index contributed by atoms with van der Waals surface area (Å²) in [7, 11) is 0. The maximum Gasteiger partial charge on any atom is 0.418 e. The molecule has 0 aliphatic rings. The first-order chi connectivity index (χ1) is 10.2. The van der Waals surface area contributed by atoms with Gasteiger partial charge < -0.3 is 4.74 Å². The summed E-state index contributed by atoms with van der Waals surface area (Å²) in [6.07, 6.45) is -3.48.